The number of aliphatic carboxylic acids is 1. The summed E-state index contributed by atoms with van der Waals surface area (Å²) in [5.74, 6) is -1.27. The van der Waals surface area contributed by atoms with Gasteiger partial charge in [0.05, 0.1) is 23.7 Å². The van der Waals surface area contributed by atoms with Gasteiger partial charge in [-0.05, 0) is 80.1 Å². The van der Waals surface area contributed by atoms with E-state index in [1.807, 2.05) is 54.6 Å². The van der Waals surface area contributed by atoms with Crippen LogP contribution in [0.3, 0.4) is 0 Å². The van der Waals surface area contributed by atoms with Crippen LogP contribution in [-0.2, 0) is 4.79 Å². The van der Waals surface area contributed by atoms with Gasteiger partial charge in [-0.2, -0.15) is 0 Å². The van der Waals surface area contributed by atoms with E-state index in [0.717, 1.165) is 24.2 Å². The first kappa shape index (κ1) is 31.2. The molecule has 1 amide bonds. The molecule has 226 valence electrons. The van der Waals surface area contributed by atoms with E-state index < -0.39 is 23.8 Å². The summed E-state index contributed by atoms with van der Waals surface area (Å²) in [5, 5.41) is 21.6. The normalized spacial score (nSPS) is 16.4. The number of hydrogen-bond acceptors (Lipinski definition) is 6. The number of hydrogen-bond donors (Lipinski definition) is 3. The number of amides is 1. The number of ether oxygens (including phenoxy) is 3. The highest BCUT2D eigenvalue weighted by Crippen LogP contribution is 2.26. The van der Waals surface area contributed by atoms with Crippen molar-refractivity contribution in [3.8, 4) is 17.2 Å². The first-order valence-electron chi connectivity index (χ1n) is 14.5. The zero-order valence-electron chi connectivity index (χ0n) is 23.9. The standard InChI is InChI=1S/C34H37NO8/c36-32(35-27-10-7-9-25(22-27)33(37)38)30-23-26(34(39)40)15-18-31(30)43-21-20-42-29-16-13-24(14-17-29)8-3-2-6-19-41-28-11-4-1-5-12-28/h1,3-5,8,11-18,23,25,27H,2,6-7,9-10,19-22H2,(H,35,36)(H,37,38)(H,39,40)/b8-3-. The van der Waals surface area contributed by atoms with Crippen LogP contribution in [0.15, 0.2) is 78.9 Å². The van der Waals surface area contributed by atoms with E-state index in [0.29, 0.717) is 38.0 Å². The fraction of sp³-hybridized carbons (Fsp3) is 0.324. The molecule has 1 aliphatic rings. The maximum absolute atomic E-state index is 13.1. The minimum absolute atomic E-state index is 0.0459. The molecule has 2 atom stereocenters. The predicted octanol–water partition coefficient (Wildman–Crippen LogP) is 6.09. The van der Waals surface area contributed by atoms with Gasteiger partial charge in [-0.1, -0.05) is 48.9 Å². The van der Waals surface area contributed by atoms with Crippen LogP contribution in [0.1, 0.15) is 64.8 Å². The van der Waals surface area contributed by atoms with E-state index in [9.17, 15) is 24.6 Å². The summed E-state index contributed by atoms with van der Waals surface area (Å²) in [6.07, 6.45) is 8.26. The second-order valence-corrected chi connectivity index (χ2v) is 10.4. The van der Waals surface area contributed by atoms with Crippen LogP contribution in [0, 0.1) is 5.92 Å². The zero-order chi connectivity index (χ0) is 30.4. The van der Waals surface area contributed by atoms with Crippen molar-refractivity contribution in [1.82, 2.24) is 5.32 Å². The molecular formula is C34H37NO8. The van der Waals surface area contributed by atoms with Crippen molar-refractivity contribution in [2.75, 3.05) is 19.8 Å². The number of benzene rings is 3. The summed E-state index contributed by atoms with van der Waals surface area (Å²) in [6.45, 7) is 0.998. The van der Waals surface area contributed by atoms with Crippen LogP contribution < -0.4 is 19.5 Å². The number of nitrogens with one attached hydrogen (secondary N) is 1. The largest absolute Gasteiger partial charge is 0.494 e. The molecule has 3 aromatic rings. The van der Waals surface area contributed by atoms with Gasteiger partial charge in [-0.25, -0.2) is 4.79 Å². The lowest BCUT2D eigenvalue weighted by molar-refractivity contribution is -0.143. The molecular weight excluding hydrogens is 550 g/mol. The molecule has 0 radical (unpaired) electrons. The number of unbranched alkanes of at least 4 members (excludes halogenated alkanes) is 1. The minimum atomic E-state index is -1.16. The Kier molecular flexibility index (Phi) is 11.6. The quantitative estimate of drug-likeness (QED) is 0.182. The monoisotopic (exact) mass is 587 g/mol. The third-order valence-corrected chi connectivity index (χ3v) is 7.16. The summed E-state index contributed by atoms with van der Waals surface area (Å²) < 4.78 is 17.3. The summed E-state index contributed by atoms with van der Waals surface area (Å²) >= 11 is 0. The molecule has 9 heteroatoms. The predicted molar refractivity (Wildman–Crippen MR) is 162 cm³/mol. The Balaban J connectivity index is 1.23. The first-order valence-corrected chi connectivity index (χ1v) is 14.5. The molecule has 0 heterocycles. The Bertz CT molecular complexity index is 1390. The van der Waals surface area contributed by atoms with Gasteiger partial charge < -0.3 is 29.7 Å². The van der Waals surface area contributed by atoms with Crippen LogP contribution in [0.4, 0.5) is 0 Å². The molecule has 0 bridgehead atoms. The smallest absolute Gasteiger partial charge is 0.335 e. The number of rotatable bonds is 15. The van der Waals surface area contributed by atoms with Crippen LogP contribution in [0.25, 0.3) is 6.08 Å². The molecule has 3 aromatic carbocycles. The van der Waals surface area contributed by atoms with Crippen molar-refractivity contribution >= 4 is 23.9 Å². The average molecular weight is 588 g/mol. The Morgan fingerprint density at radius 1 is 0.837 bits per heavy atom. The number of carbonyl (C=O) groups excluding carboxylic acids is 1. The number of aromatic carboxylic acids is 1. The van der Waals surface area contributed by atoms with Crippen LogP contribution in [0.2, 0.25) is 0 Å². The van der Waals surface area contributed by atoms with Crippen molar-refractivity contribution in [2.24, 2.45) is 5.92 Å². The summed E-state index contributed by atoms with van der Waals surface area (Å²) in [4.78, 5) is 36.0. The third-order valence-electron chi connectivity index (χ3n) is 7.16. The minimum Gasteiger partial charge on any atom is -0.494 e. The lowest BCUT2D eigenvalue weighted by Crippen LogP contribution is -2.40. The highest BCUT2D eigenvalue weighted by atomic mass is 16.5. The number of carbonyl (C=O) groups is 3. The second kappa shape index (κ2) is 16.0. The SMILES string of the molecule is O=C(O)c1ccc(OCCOc2ccc(/C=C\CCCOc3ccccc3)cc2)c(C(=O)NC2CCCC(C(=O)O)C2)c1. The molecule has 0 aromatic heterocycles. The molecule has 0 saturated heterocycles. The van der Waals surface area contributed by atoms with Crippen molar-refractivity contribution in [3.05, 3.63) is 95.6 Å². The fourth-order valence-electron chi connectivity index (χ4n) is 4.89. The van der Waals surface area contributed by atoms with Gasteiger partial charge in [-0.15, -0.1) is 0 Å². The number of carboxylic acids is 2. The number of allylic oxidation sites excluding steroid dienone is 1. The molecule has 9 nitrogen and oxygen atoms in total. The summed E-state index contributed by atoms with van der Waals surface area (Å²) in [5.41, 5.74) is 1.09. The van der Waals surface area contributed by atoms with Crippen molar-refractivity contribution in [2.45, 2.75) is 44.6 Å². The maximum Gasteiger partial charge on any atom is 0.335 e. The number of para-hydroxylation sites is 1. The lowest BCUT2D eigenvalue weighted by atomic mass is 9.85. The van der Waals surface area contributed by atoms with Crippen LogP contribution >= 0.6 is 0 Å². The zero-order valence-corrected chi connectivity index (χ0v) is 23.9. The molecule has 43 heavy (non-hydrogen) atoms. The van der Waals surface area contributed by atoms with E-state index in [2.05, 4.69) is 17.5 Å². The van der Waals surface area contributed by atoms with Crippen molar-refractivity contribution in [1.29, 1.82) is 0 Å². The highest BCUT2D eigenvalue weighted by molar-refractivity contribution is 6.00. The molecule has 3 N–H and O–H groups in total. The van der Waals surface area contributed by atoms with Gasteiger partial charge in [0.15, 0.2) is 0 Å². The molecule has 1 aliphatic carbocycles. The van der Waals surface area contributed by atoms with Gasteiger partial charge in [0.2, 0.25) is 0 Å². The molecule has 2 unspecified atom stereocenters. The van der Waals surface area contributed by atoms with Crippen LogP contribution in [-0.4, -0.2) is 53.9 Å². The third kappa shape index (κ3) is 9.92. The second-order valence-electron chi connectivity index (χ2n) is 10.4. The van der Waals surface area contributed by atoms with Crippen molar-refractivity contribution in [3.63, 3.8) is 0 Å². The van der Waals surface area contributed by atoms with E-state index in [1.165, 1.54) is 18.2 Å². The van der Waals surface area contributed by atoms with Gasteiger partial charge >= 0.3 is 11.9 Å². The number of carboxylic acid groups (broad SMARTS) is 2. The Morgan fingerprint density at radius 3 is 2.30 bits per heavy atom. The molecule has 0 aliphatic heterocycles. The van der Waals surface area contributed by atoms with Gasteiger partial charge in [0, 0.05) is 6.04 Å². The average Bonchev–Trinajstić information content (AvgIpc) is 3.02. The van der Waals surface area contributed by atoms with Gasteiger partial charge in [0.25, 0.3) is 5.91 Å². The van der Waals surface area contributed by atoms with Crippen molar-refractivity contribution < 1.29 is 38.8 Å². The van der Waals surface area contributed by atoms with E-state index in [4.69, 9.17) is 14.2 Å². The fourth-order valence-corrected chi connectivity index (χ4v) is 4.89. The Hall–Kier alpha value is -4.79. The van der Waals surface area contributed by atoms with Gasteiger partial charge in [-0.3, -0.25) is 9.59 Å². The molecule has 0 spiro atoms. The maximum atomic E-state index is 13.1. The van der Waals surface area contributed by atoms with Gasteiger partial charge in [0.1, 0.15) is 30.5 Å². The molecule has 1 fully saturated rings. The van der Waals surface area contributed by atoms with Crippen LogP contribution in [0.5, 0.6) is 17.2 Å². The summed E-state index contributed by atoms with van der Waals surface area (Å²) in [6, 6.07) is 21.2. The molecule has 4 rings (SSSR count). The highest BCUT2D eigenvalue weighted by Gasteiger charge is 2.29. The van der Waals surface area contributed by atoms with E-state index in [-0.39, 0.29) is 36.1 Å². The molecule has 1 saturated carbocycles. The lowest BCUT2D eigenvalue weighted by Gasteiger charge is -2.27. The van der Waals surface area contributed by atoms with E-state index in [1.54, 1.807) is 0 Å². The Labute approximate surface area is 251 Å². The Morgan fingerprint density at radius 2 is 1.56 bits per heavy atom. The van der Waals surface area contributed by atoms with E-state index >= 15 is 0 Å². The summed E-state index contributed by atoms with van der Waals surface area (Å²) in [7, 11) is 0. The first-order chi connectivity index (χ1) is 20.9. The topological polar surface area (TPSA) is 131 Å².